The lowest BCUT2D eigenvalue weighted by atomic mass is 10.0. The van der Waals surface area contributed by atoms with E-state index in [-0.39, 0.29) is 5.69 Å². The zero-order valence-corrected chi connectivity index (χ0v) is 17.3. The molecule has 0 aliphatic carbocycles. The Hall–Kier alpha value is -3.96. The largest absolute Gasteiger partial charge is 0.378 e. The summed E-state index contributed by atoms with van der Waals surface area (Å²) >= 11 is 0. The van der Waals surface area contributed by atoms with Crippen molar-refractivity contribution in [1.82, 2.24) is 19.7 Å². The highest BCUT2D eigenvalue weighted by atomic mass is 16.3. The van der Waals surface area contributed by atoms with Crippen LogP contribution < -0.4 is 5.73 Å². The van der Waals surface area contributed by atoms with Gasteiger partial charge in [-0.3, -0.25) is 9.59 Å². The molecule has 8 heteroatoms. The van der Waals surface area contributed by atoms with Gasteiger partial charge in [0.05, 0.1) is 11.4 Å². The van der Waals surface area contributed by atoms with Crippen molar-refractivity contribution < 1.29 is 14.7 Å². The smallest absolute Gasteiger partial charge is 0.267 e. The van der Waals surface area contributed by atoms with Crippen LogP contribution in [-0.2, 0) is 4.79 Å². The number of aromatic nitrogens is 3. The van der Waals surface area contributed by atoms with Gasteiger partial charge in [-0.1, -0.05) is 24.0 Å². The summed E-state index contributed by atoms with van der Waals surface area (Å²) < 4.78 is 1.62. The van der Waals surface area contributed by atoms with E-state index in [9.17, 15) is 14.7 Å². The molecule has 1 atom stereocenters. The lowest BCUT2D eigenvalue weighted by Crippen LogP contribution is -2.29. The fraction of sp³-hybridized carbons (Fsp3) is 0.217. The summed E-state index contributed by atoms with van der Waals surface area (Å²) in [5, 5.41) is 14.6. The number of nitrogens with two attached hydrogens (primary N) is 1. The highest BCUT2D eigenvalue weighted by molar-refractivity contribution is 5.92. The first-order valence-electron chi connectivity index (χ1n) is 9.61. The van der Waals surface area contributed by atoms with Crippen molar-refractivity contribution in [2.24, 2.45) is 5.73 Å². The Balaban J connectivity index is 1.92. The minimum Gasteiger partial charge on any atom is -0.378 e. The number of primary amides is 1. The molecular weight excluding hydrogens is 394 g/mol. The molecule has 2 heterocycles. The summed E-state index contributed by atoms with van der Waals surface area (Å²) in [7, 11) is 1.64. The van der Waals surface area contributed by atoms with E-state index in [0.717, 1.165) is 5.56 Å². The zero-order chi connectivity index (χ0) is 22.4. The van der Waals surface area contributed by atoms with Crippen molar-refractivity contribution in [2.75, 3.05) is 13.6 Å². The number of rotatable bonds is 7. The van der Waals surface area contributed by atoms with Crippen LogP contribution in [0.5, 0.6) is 0 Å². The van der Waals surface area contributed by atoms with Crippen molar-refractivity contribution >= 4 is 12.3 Å². The first kappa shape index (κ1) is 21.7. The third-order valence-corrected chi connectivity index (χ3v) is 4.60. The number of pyridine rings is 1. The van der Waals surface area contributed by atoms with Crippen LogP contribution in [0.3, 0.4) is 0 Å². The van der Waals surface area contributed by atoms with E-state index in [2.05, 4.69) is 21.9 Å². The molecule has 31 heavy (non-hydrogen) atoms. The monoisotopic (exact) mass is 417 g/mol. The molecular formula is C23H23N5O3. The number of carbonyl (C=O) groups is 2. The van der Waals surface area contributed by atoms with Gasteiger partial charge in [0.25, 0.3) is 5.91 Å². The molecule has 1 unspecified atom stereocenters. The second kappa shape index (κ2) is 9.24. The Labute approximate surface area is 180 Å². The minimum absolute atomic E-state index is 0.127. The average Bonchev–Trinajstić information content (AvgIpc) is 3.31. The van der Waals surface area contributed by atoms with Gasteiger partial charge in [0.1, 0.15) is 11.3 Å². The maximum Gasteiger partial charge on any atom is 0.267 e. The van der Waals surface area contributed by atoms with Crippen LogP contribution in [0.1, 0.15) is 29.4 Å². The predicted molar refractivity (Wildman–Crippen MR) is 116 cm³/mol. The molecule has 0 bridgehead atoms. The molecule has 2 amide bonds. The molecule has 0 spiro atoms. The Morgan fingerprint density at radius 2 is 2.13 bits per heavy atom. The highest BCUT2D eigenvalue weighted by Gasteiger charge is 2.17. The van der Waals surface area contributed by atoms with Crippen LogP contribution in [-0.4, -0.2) is 56.3 Å². The fourth-order valence-corrected chi connectivity index (χ4v) is 2.82. The van der Waals surface area contributed by atoms with E-state index < -0.39 is 11.5 Å². The van der Waals surface area contributed by atoms with E-state index in [4.69, 9.17) is 5.73 Å². The van der Waals surface area contributed by atoms with Crippen molar-refractivity contribution in [3.05, 3.63) is 66.1 Å². The third kappa shape index (κ3) is 5.78. The number of hydrogen-bond donors (Lipinski definition) is 2. The number of hydrogen-bond acceptors (Lipinski definition) is 5. The van der Waals surface area contributed by atoms with Crippen LogP contribution in [0.15, 0.2) is 54.9 Å². The molecule has 0 saturated carbocycles. The molecule has 1 aromatic carbocycles. The molecule has 0 aliphatic heterocycles. The molecule has 2 aromatic heterocycles. The first-order chi connectivity index (χ1) is 14.8. The summed E-state index contributed by atoms with van der Waals surface area (Å²) in [6, 6.07) is 12.5. The number of nitrogens with zero attached hydrogens (tertiary/aromatic N) is 4. The molecule has 0 fully saturated rings. The lowest BCUT2D eigenvalue weighted by molar-refractivity contribution is -0.117. The Morgan fingerprint density at radius 3 is 2.81 bits per heavy atom. The van der Waals surface area contributed by atoms with Gasteiger partial charge in [-0.25, -0.2) is 9.67 Å². The summed E-state index contributed by atoms with van der Waals surface area (Å²) in [5.74, 6) is 5.19. The van der Waals surface area contributed by atoms with Gasteiger partial charge in [0.2, 0.25) is 6.41 Å². The number of aliphatic hydroxyl groups is 1. The maximum atomic E-state index is 11.8. The van der Waals surface area contributed by atoms with Crippen LogP contribution in [0, 0.1) is 11.8 Å². The van der Waals surface area contributed by atoms with Gasteiger partial charge in [-0.05, 0) is 37.3 Å². The van der Waals surface area contributed by atoms with Gasteiger partial charge in [-0.2, -0.15) is 5.10 Å². The number of benzene rings is 1. The van der Waals surface area contributed by atoms with E-state index in [1.54, 1.807) is 49.2 Å². The fourth-order valence-electron chi connectivity index (χ4n) is 2.82. The molecule has 3 N–H and O–H groups in total. The Morgan fingerprint density at radius 1 is 1.32 bits per heavy atom. The van der Waals surface area contributed by atoms with E-state index >= 15 is 0 Å². The summed E-state index contributed by atoms with van der Waals surface area (Å²) in [5.41, 5.74) is 6.96. The quantitative estimate of drug-likeness (QED) is 0.448. The van der Waals surface area contributed by atoms with Gasteiger partial charge in [0.15, 0.2) is 0 Å². The van der Waals surface area contributed by atoms with Crippen molar-refractivity contribution in [2.45, 2.75) is 18.9 Å². The molecule has 0 radical (unpaired) electrons. The standard InChI is InChI=1S/C23H23N5O3/c1-23(31,9-12-27(2)16-29)8-7-17-5-3-6-18(13-17)20-14-19(28-11-4-10-25-28)15-21(26-20)22(24)30/h3-6,10-11,13-16,31H,9,12H2,1-2H3,(H2,24,30). The van der Waals surface area contributed by atoms with Crippen molar-refractivity contribution in [3.63, 3.8) is 0 Å². The summed E-state index contributed by atoms with van der Waals surface area (Å²) in [6.45, 7) is 2.00. The highest BCUT2D eigenvalue weighted by Crippen LogP contribution is 2.22. The van der Waals surface area contributed by atoms with Crippen molar-refractivity contribution in [3.8, 4) is 28.8 Å². The summed E-state index contributed by atoms with van der Waals surface area (Å²) in [4.78, 5) is 28.3. The van der Waals surface area contributed by atoms with Gasteiger partial charge in [0, 0.05) is 43.5 Å². The summed E-state index contributed by atoms with van der Waals surface area (Å²) in [6.07, 6.45) is 4.43. The van der Waals surface area contributed by atoms with Crippen LogP contribution in [0.4, 0.5) is 0 Å². The number of amides is 2. The van der Waals surface area contributed by atoms with E-state index in [1.807, 2.05) is 24.3 Å². The lowest BCUT2D eigenvalue weighted by Gasteiger charge is -2.19. The maximum absolute atomic E-state index is 11.8. The van der Waals surface area contributed by atoms with E-state index in [0.29, 0.717) is 36.3 Å². The topological polar surface area (TPSA) is 114 Å². The second-order valence-electron chi connectivity index (χ2n) is 7.35. The van der Waals surface area contributed by atoms with Crippen LogP contribution in [0.2, 0.25) is 0 Å². The van der Waals surface area contributed by atoms with E-state index in [1.165, 1.54) is 4.90 Å². The minimum atomic E-state index is -1.25. The third-order valence-electron chi connectivity index (χ3n) is 4.60. The molecule has 0 saturated heterocycles. The van der Waals surface area contributed by atoms with Gasteiger partial charge < -0.3 is 15.7 Å². The normalized spacial score (nSPS) is 12.4. The number of carbonyl (C=O) groups excluding carboxylic acids is 2. The van der Waals surface area contributed by atoms with Crippen molar-refractivity contribution in [1.29, 1.82) is 0 Å². The molecule has 158 valence electrons. The first-order valence-corrected chi connectivity index (χ1v) is 9.61. The molecule has 3 aromatic rings. The van der Waals surface area contributed by atoms with Crippen LogP contribution >= 0.6 is 0 Å². The average molecular weight is 417 g/mol. The molecule has 3 rings (SSSR count). The molecule has 0 aliphatic rings. The zero-order valence-electron chi connectivity index (χ0n) is 17.3. The van der Waals surface area contributed by atoms with Gasteiger partial charge in [-0.15, -0.1) is 0 Å². The van der Waals surface area contributed by atoms with Gasteiger partial charge >= 0.3 is 0 Å². The Bertz CT molecular complexity index is 1140. The predicted octanol–water partition coefficient (Wildman–Crippen LogP) is 1.61. The Kier molecular flexibility index (Phi) is 6.48. The van der Waals surface area contributed by atoms with Crippen LogP contribution in [0.25, 0.3) is 16.9 Å². The SMILES string of the molecule is CN(C=O)CCC(C)(O)C#Cc1cccc(-c2cc(-n3cccn3)cc(C(N)=O)n2)c1. The second-order valence-corrected chi connectivity index (χ2v) is 7.35. The molecule has 8 nitrogen and oxygen atoms in total.